The molecule has 0 aliphatic heterocycles. The zero-order valence-corrected chi connectivity index (χ0v) is 11.7. The van der Waals surface area contributed by atoms with Gasteiger partial charge in [0, 0.05) is 37.6 Å². The summed E-state index contributed by atoms with van der Waals surface area (Å²) in [6, 6.07) is 6.40. The van der Waals surface area contributed by atoms with E-state index in [4.69, 9.17) is 5.73 Å². The normalized spacial score (nSPS) is 10.2. The molecule has 2 rings (SSSR count). The summed E-state index contributed by atoms with van der Waals surface area (Å²) >= 11 is 0. The number of benzene rings is 1. The van der Waals surface area contributed by atoms with E-state index in [1.807, 2.05) is 0 Å². The molecule has 0 unspecified atom stereocenters. The third-order valence-electron chi connectivity index (χ3n) is 3.09. The number of rotatable bonds is 4. The lowest BCUT2D eigenvalue weighted by molar-refractivity contribution is 0.0697. The molecule has 0 fully saturated rings. The van der Waals surface area contributed by atoms with Crippen molar-refractivity contribution in [2.24, 2.45) is 5.73 Å². The fraction of sp³-hybridized carbons (Fsp3) is 0.133. The number of carboxylic acids is 1. The first-order valence-electron chi connectivity index (χ1n) is 6.21. The van der Waals surface area contributed by atoms with Crippen LogP contribution in [0.15, 0.2) is 36.7 Å². The van der Waals surface area contributed by atoms with Crippen molar-refractivity contribution in [3.8, 4) is 11.1 Å². The number of primary amides is 1. The van der Waals surface area contributed by atoms with Crippen LogP contribution < -0.4 is 10.6 Å². The summed E-state index contributed by atoms with van der Waals surface area (Å²) in [7, 11) is 3.48. The molecule has 0 saturated carbocycles. The van der Waals surface area contributed by atoms with Gasteiger partial charge in [0.25, 0.3) is 0 Å². The standard InChI is InChI=1S/C15H15N3O3/c1-18(2)13-9(4-3-5-11(13)15(20)21)12-8-17-7-6-10(12)14(16)19/h3-8H,1-2H3,(H2,16,19)(H,20,21). The van der Waals surface area contributed by atoms with Gasteiger partial charge in [0.05, 0.1) is 16.8 Å². The number of hydrogen-bond donors (Lipinski definition) is 2. The Morgan fingerprint density at radius 1 is 1.14 bits per heavy atom. The second-order valence-electron chi connectivity index (χ2n) is 4.69. The smallest absolute Gasteiger partial charge is 0.337 e. The van der Waals surface area contributed by atoms with Crippen LogP contribution in [0.1, 0.15) is 20.7 Å². The summed E-state index contributed by atoms with van der Waals surface area (Å²) in [4.78, 5) is 28.7. The Kier molecular flexibility index (Phi) is 3.89. The van der Waals surface area contributed by atoms with Crippen LogP contribution in [0, 0.1) is 0 Å². The Balaban J connectivity index is 2.79. The first kappa shape index (κ1) is 14.5. The van der Waals surface area contributed by atoms with Gasteiger partial charge in [-0.05, 0) is 12.1 Å². The maximum absolute atomic E-state index is 11.6. The molecule has 108 valence electrons. The van der Waals surface area contributed by atoms with Crippen LogP contribution in [0.3, 0.4) is 0 Å². The van der Waals surface area contributed by atoms with Crippen LogP contribution in [-0.4, -0.2) is 36.1 Å². The monoisotopic (exact) mass is 285 g/mol. The SMILES string of the molecule is CN(C)c1c(C(=O)O)cccc1-c1cnccc1C(N)=O. The lowest BCUT2D eigenvalue weighted by atomic mass is 9.96. The summed E-state index contributed by atoms with van der Waals surface area (Å²) in [5.41, 5.74) is 7.44. The lowest BCUT2D eigenvalue weighted by Gasteiger charge is -2.20. The second-order valence-corrected chi connectivity index (χ2v) is 4.69. The van der Waals surface area contributed by atoms with E-state index in [-0.39, 0.29) is 5.56 Å². The molecule has 0 bridgehead atoms. The molecule has 2 aromatic rings. The fourth-order valence-corrected chi connectivity index (χ4v) is 2.24. The predicted octanol–water partition coefficient (Wildman–Crippen LogP) is 1.61. The van der Waals surface area contributed by atoms with Crippen LogP contribution in [0.4, 0.5) is 5.69 Å². The lowest BCUT2D eigenvalue weighted by Crippen LogP contribution is -2.17. The van der Waals surface area contributed by atoms with Crippen molar-refractivity contribution in [3.63, 3.8) is 0 Å². The van der Waals surface area contributed by atoms with Gasteiger partial charge >= 0.3 is 5.97 Å². The van der Waals surface area contributed by atoms with Crippen molar-refractivity contribution in [2.45, 2.75) is 0 Å². The number of carboxylic acid groups (broad SMARTS) is 1. The van der Waals surface area contributed by atoms with Gasteiger partial charge in [0.1, 0.15) is 0 Å². The van der Waals surface area contributed by atoms with E-state index in [9.17, 15) is 14.7 Å². The molecule has 21 heavy (non-hydrogen) atoms. The van der Waals surface area contributed by atoms with E-state index in [2.05, 4.69) is 4.98 Å². The van der Waals surface area contributed by atoms with Crippen molar-refractivity contribution in [2.75, 3.05) is 19.0 Å². The predicted molar refractivity (Wildman–Crippen MR) is 79.5 cm³/mol. The van der Waals surface area contributed by atoms with Crippen molar-refractivity contribution in [3.05, 3.63) is 47.8 Å². The number of pyridine rings is 1. The van der Waals surface area contributed by atoms with E-state index < -0.39 is 11.9 Å². The van der Waals surface area contributed by atoms with Crippen LogP contribution in [0.2, 0.25) is 0 Å². The molecule has 1 heterocycles. The van der Waals surface area contributed by atoms with Gasteiger partial charge in [-0.3, -0.25) is 9.78 Å². The second kappa shape index (κ2) is 5.62. The summed E-state index contributed by atoms with van der Waals surface area (Å²) < 4.78 is 0. The van der Waals surface area contributed by atoms with Gasteiger partial charge in [0.15, 0.2) is 0 Å². The molecule has 3 N–H and O–H groups in total. The maximum Gasteiger partial charge on any atom is 0.337 e. The van der Waals surface area contributed by atoms with Crippen LogP contribution in [0.25, 0.3) is 11.1 Å². The Morgan fingerprint density at radius 3 is 2.43 bits per heavy atom. The van der Waals surface area contributed by atoms with E-state index in [1.165, 1.54) is 24.5 Å². The summed E-state index contributed by atoms with van der Waals surface area (Å²) in [5.74, 6) is -1.62. The number of aromatic nitrogens is 1. The Hall–Kier alpha value is -2.89. The average Bonchev–Trinajstić information content (AvgIpc) is 2.46. The number of carbonyl (C=O) groups is 2. The van der Waals surface area contributed by atoms with E-state index >= 15 is 0 Å². The minimum Gasteiger partial charge on any atom is -0.478 e. The largest absolute Gasteiger partial charge is 0.478 e. The van der Waals surface area contributed by atoms with Crippen LogP contribution in [-0.2, 0) is 0 Å². The highest BCUT2D eigenvalue weighted by atomic mass is 16.4. The fourth-order valence-electron chi connectivity index (χ4n) is 2.24. The third-order valence-corrected chi connectivity index (χ3v) is 3.09. The number of aromatic carboxylic acids is 1. The maximum atomic E-state index is 11.6. The van der Waals surface area contributed by atoms with Crippen molar-refractivity contribution >= 4 is 17.6 Å². The number of nitrogens with two attached hydrogens (primary N) is 1. The van der Waals surface area contributed by atoms with E-state index in [1.54, 1.807) is 31.1 Å². The minimum atomic E-state index is -1.04. The molecule has 0 atom stereocenters. The summed E-state index contributed by atoms with van der Waals surface area (Å²) in [5, 5.41) is 9.33. The number of anilines is 1. The van der Waals surface area contributed by atoms with Gasteiger partial charge in [-0.1, -0.05) is 12.1 Å². The molecule has 0 aliphatic carbocycles. The topological polar surface area (TPSA) is 96.5 Å². The van der Waals surface area contributed by atoms with Crippen molar-refractivity contribution in [1.82, 2.24) is 4.98 Å². The average molecular weight is 285 g/mol. The minimum absolute atomic E-state index is 0.150. The van der Waals surface area contributed by atoms with Gasteiger partial charge in [-0.2, -0.15) is 0 Å². The number of nitrogens with zero attached hydrogens (tertiary/aromatic N) is 2. The summed E-state index contributed by atoms with van der Waals surface area (Å²) in [6.45, 7) is 0. The molecule has 0 aliphatic rings. The van der Waals surface area contributed by atoms with Crippen molar-refractivity contribution < 1.29 is 14.7 Å². The number of para-hydroxylation sites is 1. The molecule has 1 amide bonds. The molecule has 0 saturated heterocycles. The number of carbonyl (C=O) groups excluding carboxylic acids is 1. The highest BCUT2D eigenvalue weighted by Gasteiger charge is 2.19. The Bertz CT molecular complexity index is 711. The molecular formula is C15H15N3O3. The highest BCUT2D eigenvalue weighted by Crippen LogP contribution is 2.34. The van der Waals surface area contributed by atoms with Gasteiger partial charge < -0.3 is 15.7 Å². The number of hydrogen-bond acceptors (Lipinski definition) is 4. The molecule has 0 spiro atoms. The molecule has 0 radical (unpaired) electrons. The Labute approximate surface area is 121 Å². The first-order valence-corrected chi connectivity index (χ1v) is 6.21. The van der Waals surface area contributed by atoms with Gasteiger partial charge in [0.2, 0.25) is 5.91 Å². The van der Waals surface area contributed by atoms with Crippen molar-refractivity contribution in [1.29, 1.82) is 0 Å². The highest BCUT2D eigenvalue weighted by molar-refractivity contribution is 6.04. The molecular weight excluding hydrogens is 270 g/mol. The molecule has 6 heteroatoms. The summed E-state index contributed by atoms with van der Waals surface area (Å²) in [6.07, 6.45) is 2.98. The molecule has 1 aromatic carbocycles. The number of amides is 1. The van der Waals surface area contributed by atoms with Gasteiger partial charge in [-0.15, -0.1) is 0 Å². The van der Waals surface area contributed by atoms with Gasteiger partial charge in [-0.25, -0.2) is 4.79 Å². The Morgan fingerprint density at radius 2 is 1.86 bits per heavy atom. The van der Waals surface area contributed by atoms with E-state index in [0.29, 0.717) is 22.4 Å². The van der Waals surface area contributed by atoms with Crippen LogP contribution in [0.5, 0.6) is 0 Å². The quantitative estimate of drug-likeness (QED) is 0.889. The zero-order chi connectivity index (χ0) is 15.6. The van der Waals surface area contributed by atoms with Crippen LogP contribution >= 0.6 is 0 Å². The molecule has 6 nitrogen and oxygen atoms in total. The molecule has 1 aromatic heterocycles. The van der Waals surface area contributed by atoms with E-state index in [0.717, 1.165) is 0 Å². The first-order chi connectivity index (χ1) is 9.93. The zero-order valence-electron chi connectivity index (χ0n) is 11.7. The third kappa shape index (κ3) is 2.69.